The average Bonchev–Trinajstić information content (AvgIpc) is 3.01. The van der Waals surface area contributed by atoms with Crippen molar-refractivity contribution in [2.24, 2.45) is 0 Å². The third kappa shape index (κ3) is 4.31. The molecule has 0 atom stereocenters. The molecule has 2 amide bonds. The molecule has 5 nitrogen and oxygen atoms in total. The molecule has 1 aliphatic rings. The second-order valence-electron chi connectivity index (χ2n) is 6.60. The number of rotatable bonds is 5. The summed E-state index contributed by atoms with van der Waals surface area (Å²) in [5.74, 6) is -0.113. The number of aryl methyl sites for hydroxylation is 1. The first-order valence-corrected chi connectivity index (χ1v) is 9.36. The Morgan fingerprint density at radius 2 is 1.96 bits per heavy atom. The fourth-order valence-corrected chi connectivity index (χ4v) is 3.65. The Bertz CT molecular complexity index is 838. The number of nitrogens with one attached hydrogen (secondary N) is 1. The van der Waals surface area contributed by atoms with Crippen LogP contribution < -0.4 is 10.2 Å². The van der Waals surface area contributed by atoms with E-state index < -0.39 is 0 Å². The van der Waals surface area contributed by atoms with Crippen LogP contribution in [0, 0.1) is 6.92 Å². The predicted octanol–water partition coefficient (Wildman–Crippen LogP) is 3.22. The molecule has 0 bridgehead atoms. The molecule has 0 aliphatic carbocycles. The van der Waals surface area contributed by atoms with Crippen molar-refractivity contribution in [3.63, 3.8) is 0 Å². The van der Waals surface area contributed by atoms with E-state index in [0.29, 0.717) is 6.54 Å². The number of fused-ring (bicyclic) bond motifs is 1. The first kappa shape index (κ1) is 18.6. The Morgan fingerprint density at radius 3 is 2.73 bits per heavy atom. The third-order valence-electron chi connectivity index (χ3n) is 4.47. The van der Waals surface area contributed by atoms with Crippen molar-refractivity contribution >= 4 is 39.1 Å². The van der Waals surface area contributed by atoms with Gasteiger partial charge < -0.3 is 10.2 Å². The molecule has 0 unspecified atom stereocenters. The molecular formula is C20H22BrN3O2. The van der Waals surface area contributed by atoms with Crippen LogP contribution in [0.4, 0.5) is 11.4 Å². The van der Waals surface area contributed by atoms with Gasteiger partial charge in [-0.2, -0.15) is 0 Å². The second kappa shape index (κ2) is 8.01. The van der Waals surface area contributed by atoms with Gasteiger partial charge in [-0.1, -0.05) is 34.1 Å². The zero-order valence-corrected chi connectivity index (χ0v) is 16.5. The highest BCUT2D eigenvalue weighted by atomic mass is 79.9. The number of nitrogens with zero attached hydrogens (tertiary/aromatic N) is 2. The molecule has 0 aromatic heterocycles. The summed E-state index contributed by atoms with van der Waals surface area (Å²) in [6, 6.07) is 13.7. The van der Waals surface area contributed by atoms with Crippen LogP contribution in [0.5, 0.6) is 0 Å². The molecule has 0 saturated heterocycles. The lowest BCUT2D eigenvalue weighted by Crippen LogP contribution is -2.40. The van der Waals surface area contributed by atoms with Crippen molar-refractivity contribution in [3.8, 4) is 0 Å². The lowest BCUT2D eigenvalue weighted by Gasteiger charge is -2.22. The van der Waals surface area contributed by atoms with Crippen LogP contribution in [0.1, 0.15) is 11.1 Å². The second-order valence-corrected chi connectivity index (χ2v) is 7.52. The van der Waals surface area contributed by atoms with E-state index in [2.05, 4.69) is 27.3 Å². The van der Waals surface area contributed by atoms with Gasteiger partial charge in [-0.25, -0.2) is 0 Å². The SMILES string of the molecule is Cc1cc(Br)ccc1NC(=O)CN(C)CC(=O)N1CCc2ccccc21. The molecule has 1 aliphatic heterocycles. The summed E-state index contributed by atoms with van der Waals surface area (Å²) in [6.07, 6.45) is 0.884. The van der Waals surface area contributed by atoms with E-state index in [-0.39, 0.29) is 24.9 Å². The minimum Gasteiger partial charge on any atom is -0.325 e. The molecule has 26 heavy (non-hydrogen) atoms. The van der Waals surface area contributed by atoms with Crippen LogP contribution in [0.2, 0.25) is 0 Å². The van der Waals surface area contributed by atoms with Crippen molar-refractivity contribution in [2.45, 2.75) is 13.3 Å². The molecule has 0 spiro atoms. The Balaban J connectivity index is 1.54. The molecule has 1 heterocycles. The van der Waals surface area contributed by atoms with E-state index in [1.165, 1.54) is 5.56 Å². The molecule has 0 radical (unpaired) electrons. The number of benzene rings is 2. The number of halogens is 1. The van der Waals surface area contributed by atoms with E-state index in [4.69, 9.17) is 0 Å². The Morgan fingerprint density at radius 1 is 1.19 bits per heavy atom. The number of carbonyl (C=O) groups excluding carboxylic acids is 2. The number of hydrogen-bond acceptors (Lipinski definition) is 3. The highest BCUT2D eigenvalue weighted by molar-refractivity contribution is 9.10. The van der Waals surface area contributed by atoms with E-state index in [0.717, 1.165) is 27.8 Å². The fourth-order valence-electron chi connectivity index (χ4n) is 3.17. The minimum absolute atomic E-state index is 0.0186. The van der Waals surface area contributed by atoms with Crippen LogP contribution >= 0.6 is 15.9 Å². The third-order valence-corrected chi connectivity index (χ3v) is 4.96. The summed E-state index contributed by atoms with van der Waals surface area (Å²) < 4.78 is 0.974. The molecule has 0 saturated carbocycles. The quantitative estimate of drug-likeness (QED) is 0.815. The maximum absolute atomic E-state index is 12.6. The van der Waals surface area contributed by atoms with Gasteiger partial charge in [-0.15, -0.1) is 0 Å². The molecule has 2 aromatic carbocycles. The van der Waals surface area contributed by atoms with Gasteiger partial charge >= 0.3 is 0 Å². The Labute approximate surface area is 162 Å². The molecule has 2 aromatic rings. The lowest BCUT2D eigenvalue weighted by atomic mass is 10.2. The van der Waals surface area contributed by atoms with Crippen molar-refractivity contribution in [2.75, 3.05) is 36.9 Å². The first-order chi connectivity index (χ1) is 12.4. The van der Waals surface area contributed by atoms with Crippen LogP contribution in [-0.2, 0) is 16.0 Å². The van der Waals surface area contributed by atoms with E-state index in [1.807, 2.05) is 48.2 Å². The van der Waals surface area contributed by atoms with Gasteiger partial charge in [0.15, 0.2) is 0 Å². The molecular weight excluding hydrogens is 394 g/mol. The lowest BCUT2D eigenvalue weighted by molar-refractivity contribution is -0.120. The van der Waals surface area contributed by atoms with E-state index in [1.54, 1.807) is 11.9 Å². The van der Waals surface area contributed by atoms with Crippen LogP contribution in [0.15, 0.2) is 46.9 Å². The van der Waals surface area contributed by atoms with Gasteiger partial charge in [0.25, 0.3) is 0 Å². The largest absolute Gasteiger partial charge is 0.325 e. The van der Waals surface area contributed by atoms with Crippen molar-refractivity contribution in [3.05, 3.63) is 58.1 Å². The monoisotopic (exact) mass is 415 g/mol. The van der Waals surface area contributed by atoms with Crippen molar-refractivity contribution in [1.82, 2.24) is 4.90 Å². The zero-order chi connectivity index (χ0) is 18.7. The van der Waals surface area contributed by atoms with E-state index >= 15 is 0 Å². The predicted molar refractivity (Wildman–Crippen MR) is 108 cm³/mol. The summed E-state index contributed by atoms with van der Waals surface area (Å²) in [5, 5.41) is 2.90. The van der Waals surface area contributed by atoms with Crippen molar-refractivity contribution < 1.29 is 9.59 Å². The summed E-state index contributed by atoms with van der Waals surface area (Å²) in [4.78, 5) is 28.4. The number of likely N-dealkylation sites (N-methyl/N-ethyl adjacent to an activating group) is 1. The molecule has 0 fully saturated rings. The first-order valence-electron chi connectivity index (χ1n) is 8.57. The Kier molecular flexibility index (Phi) is 5.74. The number of amides is 2. The molecule has 3 rings (SSSR count). The van der Waals surface area contributed by atoms with Crippen molar-refractivity contribution in [1.29, 1.82) is 0 Å². The summed E-state index contributed by atoms with van der Waals surface area (Å²) in [6.45, 7) is 3.02. The standard InChI is InChI=1S/C20H22BrN3O2/c1-14-11-16(21)7-8-17(14)22-19(25)12-23(2)13-20(26)24-10-9-15-5-3-4-6-18(15)24/h3-8,11H,9-10,12-13H2,1-2H3,(H,22,25). The smallest absolute Gasteiger partial charge is 0.241 e. The Hall–Kier alpha value is -2.18. The number of para-hydroxylation sites is 1. The van der Waals surface area contributed by atoms with E-state index in [9.17, 15) is 9.59 Å². The van der Waals surface area contributed by atoms with Gasteiger partial charge in [0.1, 0.15) is 0 Å². The molecule has 6 heteroatoms. The van der Waals surface area contributed by atoms with Crippen LogP contribution in [0.3, 0.4) is 0 Å². The van der Waals surface area contributed by atoms with Gasteiger partial charge in [0, 0.05) is 22.4 Å². The van der Waals surface area contributed by atoms with Crippen LogP contribution in [0.25, 0.3) is 0 Å². The molecule has 1 N–H and O–H groups in total. The summed E-state index contributed by atoms with van der Waals surface area (Å²) >= 11 is 3.41. The molecule has 136 valence electrons. The number of hydrogen-bond donors (Lipinski definition) is 1. The maximum Gasteiger partial charge on any atom is 0.241 e. The van der Waals surface area contributed by atoms with Gasteiger partial charge in [-0.05, 0) is 55.8 Å². The number of carbonyl (C=O) groups is 2. The van der Waals surface area contributed by atoms with Gasteiger partial charge in [0.2, 0.25) is 11.8 Å². The van der Waals surface area contributed by atoms with Gasteiger partial charge in [0.05, 0.1) is 13.1 Å². The topological polar surface area (TPSA) is 52.7 Å². The highest BCUT2D eigenvalue weighted by Gasteiger charge is 2.25. The fraction of sp³-hybridized carbons (Fsp3) is 0.300. The summed E-state index contributed by atoms with van der Waals surface area (Å²) in [7, 11) is 1.79. The normalized spacial score (nSPS) is 13.0. The highest BCUT2D eigenvalue weighted by Crippen LogP contribution is 2.27. The summed E-state index contributed by atoms with van der Waals surface area (Å²) in [5.41, 5.74) is 3.96. The number of anilines is 2. The maximum atomic E-state index is 12.6. The zero-order valence-electron chi connectivity index (χ0n) is 15.0. The average molecular weight is 416 g/mol. The van der Waals surface area contributed by atoms with Gasteiger partial charge in [-0.3, -0.25) is 14.5 Å². The van der Waals surface area contributed by atoms with Crippen LogP contribution in [-0.4, -0.2) is 43.4 Å². The minimum atomic E-state index is -0.132.